The molecule has 136 valence electrons. The summed E-state index contributed by atoms with van der Waals surface area (Å²) in [5, 5.41) is 9.39. The van der Waals surface area contributed by atoms with Crippen LogP contribution in [-0.4, -0.2) is 22.2 Å². The summed E-state index contributed by atoms with van der Waals surface area (Å²) in [5.74, 6) is -1.18. The molecule has 1 unspecified atom stereocenters. The number of benzene rings is 2. The number of carboxylic acids is 1. The summed E-state index contributed by atoms with van der Waals surface area (Å²) in [6.45, 7) is 2.35. The molecule has 0 saturated heterocycles. The maximum absolute atomic E-state index is 13.0. The zero-order valence-corrected chi connectivity index (χ0v) is 16.4. The number of fused-ring (bicyclic) bond motifs is 1. The Morgan fingerprint density at radius 3 is 2.65 bits per heavy atom. The van der Waals surface area contributed by atoms with Crippen LogP contribution in [0.25, 0.3) is 0 Å². The molecule has 4 nitrogen and oxygen atoms in total. The van der Waals surface area contributed by atoms with Crippen LogP contribution in [0.15, 0.2) is 41.3 Å². The van der Waals surface area contributed by atoms with E-state index in [0.717, 1.165) is 28.1 Å². The summed E-state index contributed by atoms with van der Waals surface area (Å²) < 4.78 is 0. The molecule has 0 saturated carbocycles. The predicted molar refractivity (Wildman–Crippen MR) is 105 cm³/mol. The van der Waals surface area contributed by atoms with E-state index in [1.165, 1.54) is 11.8 Å². The summed E-state index contributed by atoms with van der Waals surface area (Å²) in [6, 6.07) is 11.1. The first-order chi connectivity index (χ1) is 12.4. The normalized spacial score (nSPS) is 16.5. The van der Waals surface area contributed by atoms with Crippen LogP contribution in [0.1, 0.15) is 24.5 Å². The molecule has 0 spiro atoms. The second-order valence-corrected chi connectivity index (χ2v) is 8.05. The molecule has 26 heavy (non-hydrogen) atoms. The van der Waals surface area contributed by atoms with Crippen LogP contribution < -0.4 is 4.90 Å². The molecule has 0 aliphatic carbocycles. The van der Waals surface area contributed by atoms with Crippen molar-refractivity contribution in [2.45, 2.75) is 36.5 Å². The van der Waals surface area contributed by atoms with Gasteiger partial charge in [-0.15, -0.1) is 11.8 Å². The summed E-state index contributed by atoms with van der Waals surface area (Å²) in [4.78, 5) is 26.8. The Bertz CT molecular complexity index is 872. The number of nitrogens with zero attached hydrogens (tertiary/aromatic N) is 1. The van der Waals surface area contributed by atoms with Crippen molar-refractivity contribution < 1.29 is 14.7 Å². The largest absolute Gasteiger partial charge is 0.481 e. The Morgan fingerprint density at radius 2 is 2.00 bits per heavy atom. The van der Waals surface area contributed by atoms with Gasteiger partial charge in [0.05, 0.1) is 33.9 Å². The van der Waals surface area contributed by atoms with E-state index in [9.17, 15) is 9.59 Å². The number of carbonyl (C=O) groups is 2. The first-order valence-corrected chi connectivity index (χ1v) is 9.80. The van der Waals surface area contributed by atoms with Gasteiger partial charge in [0.15, 0.2) is 0 Å². The Balaban J connectivity index is 2.03. The Labute approximate surface area is 166 Å². The third kappa shape index (κ3) is 3.85. The number of amides is 1. The third-order valence-electron chi connectivity index (χ3n) is 4.23. The molecular formula is C19H17Cl2NO3S. The van der Waals surface area contributed by atoms with Crippen molar-refractivity contribution in [1.82, 2.24) is 0 Å². The zero-order valence-electron chi connectivity index (χ0n) is 14.0. The number of thioether (sulfide) groups is 1. The van der Waals surface area contributed by atoms with Gasteiger partial charge in [-0.25, -0.2) is 0 Å². The summed E-state index contributed by atoms with van der Waals surface area (Å²) >= 11 is 13.4. The predicted octanol–water partition coefficient (Wildman–Crippen LogP) is 5.04. The van der Waals surface area contributed by atoms with E-state index in [2.05, 4.69) is 0 Å². The van der Waals surface area contributed by atoms with Crippen LogP contribution in [0.3, 0.4) is 0 Å². The number of hydrogen-bond donors (Lipinski definition) is 1. The lowest BCUT2D eigenvalue weighted by atomic mass is 10.1. The van der Waals surface area contributed by atoms with Gasteiger partial charge >= 0.3 is 5.97 Å². The second kappa shape index (κ2) is 7.91. The monoisotopic (exact) mass is 409 g/mol. The highest BCUT2D eigenvalue weighted by Gasteiger charge is 2.36. The van der Waals surface area contributed by atoms with Gasteiger partial charge < -0.3 is 10.0 Å². The fourth-order valence-corrected chi connectivity index (χ4v) is 4.60. The maximum atomic E-state index is 13.0. The number of aryl methyl sites for hydroxylation is 1. The lowest BCUT2D eigenvalue weighted by molar-refractivity contribution is -0.138. The molecule has 1 N–H and O–H groups in total. The van der Waals surface area contributed by atoms with Gasteiger partial charge in [0.25, 0.3) is 0 Å². The minimum absolute atomic E-state index is 0.197. The van der Waals surface area contributed by atoms with Gasteiger partial charge in [0, 0.05) is 4.90 Å². The summed E-state index contributed by atoms with van der Waals surface area (Å²) in [7, 11) is 0. The lowest BCUT2D eigenvalue weighted by Crippen LogP contribution is -2.42. The third-order valence-corrected chi connectivity index (χ3v) is 6.20. The molecule has 1 amide bonds. The molecule has 1 atom stereocenters. The molecule has 1 aliphatic rings. The van der Waals surface area contributed by atoms with Gasteiger partial charge in [-0.3, -0.25) is 9.59 Å². The Hall–Kier alpha value is -1.69. The molecular weight excluding hydrogens is 393 g/mol. The highest BCUT2D eigenvalue weighted by molar-refractivity contribution is 8.01. The van der Waals surface area contributed by atoms with E-state index >= 15 is 0 Å². The first-order valence-electron chi connectivity index (χ1n) is 8.16. The van der Waals surface area contributed by atoms with E-state index < -0.39 is 11.2 Å². The maximum Gasteiger partial charge on any atom is 0.305 e. The molecule has 1 aliphatic heterocycles. The van der Waals surface area contributed by atoms with Crippen molar-refractivity contribution in [2.24, 2.45) is 0 Å². The highest BCUT2D eigenvalue weighted by Crippen LogP contribution is 2.43. The number of aliphatic carboxylic acids is 1. The number of para-hydroxylation sites is 1. The smallest absolute Gasteiger partial charge is 0.305 e. The van der Waals surface area contributed by atoms with Crippen LogP contribution in [-0.2, 0) is 22.6 Å². The summed E-state index contributed by atoms with van der Waals surface area (Å²) in [5.41, 5.74) is 2.75. The molecule has 0 aromatic heterocycles. The summed E-state index contributed by atoms with van der Waals surface area (Å²) in [6.07, 6.45) is 0.565. The minimum Gasteiger partial charge on any atom is -0.481 e. The van der Waals surface area contributed by atoms with Gasteiger partial charge in [0.1, 0.15) is 0 Å². The fraction of sp³-hybridized carbons (Fsp3) is 0.263. The molecule has 2 aromatic rings. The van der Waals surface area contributed by atoms with Gasteiger partial charge in [-0.2, -0.15) is 0 Å². The van der Waals surface area contributed by atoms with Crippen molar-refractivity contribution in [2.75, 3.05) is 4.90 Å². The number of halogens is 2. The van der Waals surface area contributed by atoms with Gasteiger partial charge in [-0.1, -0.05) is 48.3 Å². The molecule has 0 fully saturated rings. The van der Waals surface area contributed by atoms with Gasteiger partial charge in [0.2, 0.25) is 5.91 Å². The van der Waals surface area contributed by atoms with E-state index in [1.54, 1.807) is 17.0 Å². The SMILES string of the molecule is CCc1cccc2c1N(Cc1ccc(Cl)c(Cl)c1)C(=O)C(CC(=O)O)S2. The number of carbonyl (C=O) groups excluding carboxylic acids is 1. The first kappa shape index (κ1) is 19.1. The molecule has 0 bridgehead atoms. The molecule has 3 rings (SSSR count). The number of anilines is 1. The Morgan fingerprint density at radius 1 is 1.23 bits per heavy atom. The quantitative estimate of drug-likeness (QED) is 0.751. The van der Waals surface area contributed by atoms with Crippen molar-refractivity contribution in [3.63, 3.8) is 0 Å². The van der Waals surface area contributed by atoms with Crippen LogP contribution in [0.4, 0.5) is 5.69 Å². The van der Waals surface area contributed by atoms with E-state index in [1.807, 2.05) is 31.2 Å². The minimum atomic E-state index is -0.986. The van der Waals surface area contributed by atoms with E-state index in [0.29, 0.717) is 16.6 Å². The standard InChI is InChI=1S/C19H17Cl2NO3S/c1-2-12-4-3-5-15-18(12)22(19(25)16(26-15)9-17(23)24)10-11-6-7-13(20)14(21)8-11/h3-8,16H,2,9-10H2,1H3,(H,23,24). The van der Waals surface area contributed by atoms with Crippen LogP contribution in [0.2, 0.25) is 10.0 Å². The fourth-order valence-electron chi connectivity index (χ4n) is 3.01. The van der Waals surface area contributed by atoms with Crippen LogP contribution >= 0.6 is 35.0 Å². The average molecular weight is 410 g/mol. The molecule has 7 heteroatoms. The lowest BCUT2D eigenvalue weighted by Gasteiger charge is -2.35. The van der Waals surface area contributed by atoms with Crippen molar-refractivity contribution in [1.29, 1.82) is 0 Å². The molecule has 1 heterocycles. The second-order valence-electron chi connectivity index (χ2n) is 5.99. The van der Waals surface area contributed by atoms with Crippen molar-refractivity contribution >= 4 is 52.5 Å². The van der Waals surface area contributed by atoms with E-state index in [4.69, 9.17) is 28.3 Å². The van der Waals surface area contributed by atoms with E-state index in [-0.39, 0.29) is 12.3 Å². The Kier molecular flexibility index (Phi) is 5.80. The number of carboxylic acid groups (broad SMARTS) is 1. The highest BCUT2D eigenvalue weighted by atomic mass is 35.5. The van der Waals surface area contributed by atoms with Crippen LogP contribution in [0, 0.1) is 0 Å². The molecule has 0 radical (unpaired) electrons. The van der Waals surface area contributed by atoms with Gasteiger partial charge in [-0.05, 0) is 35.7 Å². The number of hydrogen-bond acceptors (Lipinski definition) is 3. The average Bonchev–Trinajstić information content (AvgIpc) is 2.60. The van der Waals surface area contributed by atoms with Crippen molar-refractivity contribution in [3.8, 4) is 0 Å². The van der Waals surface area contributed by atoms with Crippen molar-refractivity contribution in [3.05, 3.63) is 57.6 Å². The molecule has 2 aromatic carbocycles. The topological polar surface area (TPSA) is 57.6 Å². The number of rotatable bonds is 5. The van der Waals surface area contributed by atoms with Crippen LogP contribution in [0.5, 0.6) is 0 Å². The zero-order chi connectivity index (χ0) is 18.8.